The first-order valence-corrected chi connectivity index (χ1v) is 4.95. The zero-order valence-corrected chi connectivity index (χ0v) is 9.53. The van der Waals surface area contributed by atoms with Gasteiger partial charge in [0.25, 0.3) is 0 Å². The molecule has 0 aliphatic heterocycles. The van der Waals surface area contributed by atoms with Crippen LogP contribution in [-0.2, 0) is 7.05 Å². The van der Waals surface area contributed by atoms with Crippen molar-refractivity contribution in [1.82, 2.24) is 14.5 Å². The fourth-order valence-electron chi connectivity index (χ4n) is 1.35. The zero-order chi connectivity index (χ0) is 9.42. The molecular formula is C8H9IN4. The third-order valence-corrected chi connectivity index (χ3v) is 2.76. The minimum Gasteiger partial charge on any atom is -0.372 e. The second kappa shape index (κ2) is 3.13. The SMILES string of the molecule is CNc1ncnc2c1c(I)cn2C. The van der Waals surface area contributed by atoms with Crippen LogP contribution in [0.15, 0.2) is 12.5 Å². The molecule has 1 N–H and O–H groups in total. The van der Waals surface area contributed by atoms with E-state index < -0.39 is 0 Å². The molecule has 0 saturated carbocycles. The van der Waals surface area contributed by atoms with Crippen molar-refractivity contribution in [2.75, 3.05) is 12.4 Å². The van der Waals surface area contributed by atoms with Crippen molar-refractivity contribution in [1.29, 1.82) is 0 Å². The first-order valence-electron chi connectivity index (χ1n) is 3.87. The normalized spacial score (nSPS) is 10.7. The summed E-state index contributed by atoms with van der Waals surface area (Å²) in [6.07, 6.45) is 3.62. The maximum atomic E-state index is 4.22. The minimum atomic E-state index is 0.884. The molecule has 0 aliphatic rings. The summed E-state index contributed by atoms with van der Waals surface area (Å²) < 4.78 is 3.17. The molecular weight excluding hydrogens is 279 g/mol. The number of rotatable bonds is 1. The Labute approximate surface area is 89.5 Å². The van der Waals surface area contributed by atoms with Crippen molar-refractivity contribution < 1.29 is 0 Å². The summed E-state index contributed by atoms with van der Waals surface area (Å²) in [7, 11) is 3.85. The van der Waals surface area contributed by atoms with Gasteiger partial charge < -0.3 is 9.88 Å². The van der Waals surface area contributed by atoms with Crippen LogP contribution in [0.4, 0.5) is 5.82 Å². The van der Waals surface area contributed by atoms with Gasteiger partial charge in [0.15, 0.2) is 0 Å². The maximum absolute atomic E-state index is 4.22. The molecule has 0 spiro atoms. The van der Waals surface area contributed by atoms with E-state index in [0.717, 1.165) is 16.9 Å². The van der Waals surface area contributed by atoms with E-state index in [0.29, 0.717) is 0 Å². The predicted molar refractivity (Wildman–Crippen MR) is 60.8 cm³/mol. The highest BCUT2D eigenvalue weighted by Gasteiger charge is 2.09. The van der Waals surface area contributed by atoms with Crippen molar-refractivity contribution >= 4 is 39.4 Å². The number of fused-ring (bicyclic) bond motifs is 1. The van der Waals surface area contributed by atoms with Crippen molar-refractivity contribution in [2.24, 2.45) is 7.05 Å². The summed E-state index contributed by atoms with van der Waals surface area (Å²) >= 11 is 2.29. The van der Waals surface area contributed by atoms with Gasteiger partial charge >= 0.3 is 0 Å². The van der Waals surface area contributed by atoms with Gasteiger partial charge in [-0.05, 0) is 22.6 Å². The van der Waals surface area contributed by atoms with E-state index in [1.807, 2.05) is 24.9 Å². The predicted octanol–water partition coefficient (Wildman–Crippen LogP) is 1.61. The Balaban J connectivity index is 2.88. The Kier molecular flexibility index (Phi) is 2.10. The van der Waals surface area contributed by atoms with E-state index >= 15 is 0 Å². The summed E-state index contributed by atoms with van der Waals surface area (Å²) in [5.74, 6) is 0.884. The second-order valence-electron chi connectivity index (χ2n) is 2.76. The number of hydrogen-bond acceptors (Lipinski definition) is 3. The molecule has 0 aliphatic carbocycles. The number of aromatic nitrogens is 3. The zero-order valence-electron chi connectivity index (χ0n) is 7.37. The van der Waals surface area contributed by atoms with Crippen LogP contribution in [0.2, 0.25) is 0 Å². The van der Waals surface area contributed by atoms with E-state index in [1.165, 1.54) is 3.57 Å². The first kappa shape index (κ1) is 8.74. The van der Waals surface area contributed by atoms with E-state index in [1.54, 1.807) is 6.33 Å². The fourth-order valence-corrected chi connectivity index (χ4v) is 2.26. The van der Waals surface area contributed by atoms with Crippen molar-refractivity contribution in [3.63, 3.8) is 0 Å². The van der Waals surface area contributed by atoms with Crippen LogP contribution in [0.25, 0.3) is 11.0 Å². The molecule has 0 unspecified atom stereocenters. The lowest BCUT2D eigenvalue weighted by Crippen LogP contribution is -1.95. The average Bonchev–Trinajstić information content (AvgIpc) is 2.43. The van der Waals surface area contributed by atoms with E-state index in [9.17, 15) is 0 Å². The van der Waals surface area contributed by atoms with Gasteiger partial charge in [-0.1, -0.05) is 0 Å². The lowest BCUT2D eigenvalue weighted by atomic mass is 10.4. The average molecular weight is 288 g/mol. The number of aryl methyl sites for hydroxylation is 1. The highest BCUT2D eigenvalue weighted by molar-refractivity contribution is 14.1. The summed E-state index contributed by atoms with van der Waals surface area (Å²) in [6, 6.07) is 0. The number of hydrogen-bond donors (Lipinski definition) is 1. The number of anilines is 1. The molecule has 0 aromatic carbocycles. The Hall–Kier alpha value is -0.850. The summed E-state index contributed by atoms with van der Waals surface area (Å²) in [4.78, 5) is 8.38. The first-order chi connectivity index (χ1) is 6.24. The fraction of sp³-hybridized carbons (Fsp3) is 0.250. The number of nitrogens with zero attached hydrogens (tertiary/aromatic N) is 3. The van der Waals surface area contributed by atoms with Gasteiger partial charge in [-0.3, -0.25) is 0 Å². The van der Waals surface area contributed by atoms with Gasteiger partial charge in [0.2, 0.25) is 0 Å². The third-order valence-electron chi connectivity index (χ3n) is 1.94. The topological polar surface area (TPSA) is 42.7 Å². The molecule has 2 rings (SSSR count). The van der Waals surface area contributed by atoms with E-state index in [-0.39, 0.29) is 0 Å². The smallest absolute Gasteiger partial charge is 0.146 e. The summed E-state index contributed by atoms with van der Waals surface area (Å²) in [5.41, 5.74) is 0.962. The van der Waals surface area contributed by atoms with E-state index in [2.05, 4.69) is 37.9 Å². The molecule has 68 valence electrons. The molecule has 0 atom stereocenters. The van der Waals surface area contributed by atoms with Gasteiger partial charge in [-0.25, -0.2) is 9.97 Å². The molecule has 0 radical (unpaired) electrons. The highest BCUT2D eigenvalue weighted by Crippen LogP contribution is 2.25. The van der Waals surface area contributed by atoms with Crippen LogP contribution in [0, 0.1) is 3.57 Å². The molecule has 4 nitrogen and oxygen atoms in total. The van der Waals surface area contributed by atoms with Crippen LogP contribution in [0.3, 0.4) is 0 Å². The Morgan fingerprint density at radius 1 is 1.46 bits per heavy atom. The summed E-state index contributed by atoms with van der Waals surface area (Å²) in [6.45, 7) is 0. The molecule has 13 heavy (non-hydrogen) atoms. The monoisotopic (exact) mass is 288 g/mol. The highest BCUT2D eigenvalue weighted by atomic mass is 127. The molecule has 0 fully saturated rings. The van der Waals surface area contributed by atoms with Crippen molar-refractivity contribution in [2.45, 2.75) is 0 Å². The Bertz CT molecular complexity index is 449. The van der Waals surface area contributed by atoms with Crippen LogP contribution in [0.5, 0.6) is 0 Å². The Morgan fingerprint density at radius 3 is 2.92 bits per heavy atom. The van der Waals surface area contributed by atoms with Crippen molar-refractivity contribution in [3.05, 3.63) is 16.1 Å². The lowest BCUT2D eigenvalue weighted by molar-refractivity contribution is 0.941. The van der Waals surface area contributed by atoms with Crippen LogP contribution in [0.1, 0.15) is 0 Å². The second-order valence-corrected chi connectivity index (χ2v) is 3.92. The molecule has 0 bridgehead atoms. The molecule has 0 amide bonds. The molecule has 2 aromatic heterocycles. The van der Waals surface area contributed by atoms with Crippen LogP contribution < -0.4 is 5.32 Å². The molecule has 2 heterocycles. The largest absolute Gasteiger partial charge is 0.372 e. The van der Waals surface area contributed by atoms with E-state index in [4.69, 9.17) is 0 Å². The number of halogens is 1. The Morgan fingerprint density at radius 2 is 2.23 bits per heavy atom. The van der Waals surface area contributed by atoms with Crippen LogP contribution >= 0.6 is 22.6 Å². The summed E-state index contributed by atoms with van der Waals surface area (Å²) in [5, 5.41) is 4.15. The molecule has 2 aromatic rings. The van der Waals surface area contributed by atoms with Gasteiger partial charge in [-0.2, -0.15) is 0 Å². The third kappa shape index (κ3) is 1.27. The standard InChI is InChI=1S/C8H9IN4/c1-10-7-6-5(9)3-13(2)8(6)12-4-11-7/h3-4H,1-2H3,(H,10,11,12). The van der Waals surface area contributed by atoms with Gasteiger partial charge in [-0.15, -0.1) is 0 Å². The van der Waals surface area contributed by atoms with Gasteiger partial charge in [0.1, 0.15) is 17.8 Å². The maximum Gasteiger partial charge on any atom is 0.146 e. The number of nitrogens with one attached hydrogen (secondary N) is 1. The lowest BCUT2D eigenvalue weighted by Gasteiger charge is -2.00. The molecule has 0 saturated heterocycles. The van der Waals surface area contributed by atoms with Gasteiger partial charge in [0, 0.05) is 23.9 Å². The van der Waals surface area contributed by atoms with Crippen LogP contribution in [-0.4, -0.2) is 21.6 Å². The molecule has 5 heteroatoms. The van der Waals surface area contributed by atoms with Gasteiger partial charge in [0.05, 0.1) is 5.39 Å². The quantitative estimate of drug-likeness (QED) is 0.811. The minimum absolute atomic E-state index is 0.884. The van der Waals surface area contributed by atoms with Crippen molar-refractivity contribution in [3.8, 4) is 0 Å².